The SMILES string of the molecule is COC(=O)C1Oc2cc(C(=O)OCc3ccc(OC4OC(CO)C(O)C(O)C4O)cc3)ccc2OC1c1ccc(O)c(O)c1. The van der Waals surface area contributed by atoms with E-state index in [2.05, 4.69) is 0 Å². The number of aliphatic hydroxyl groups excluding tert-OH is 4. The van der Waals surface area contributed by atoms with E-state index in [9.17, 15) is 40.2 Å². The van der Waals surface area contributed by atoms with Crippen LogP contribution in [0.15, 0.2) is 60.7 Å². The second-order valence-electron chi connectivity index (χ2n) is 10.0. The van der Waals surface area contributed by atoms with Crippen LogP contribution in [-0.2, 0) is 25.6 Å². The van der Waals surface area contributed by atoms with Crippen LogP contribution in [0.3, 0.4) is 0 Å². The third kappa shape index (κ3) is 6.34. The second kappa shape index (κ2) is 13.0. The van der Waals surface area contributed by atoms with Crippen molar-refractivity contribution in [3.63, 3.8) is 0 Å². The summed E-state index contributed by atoms with van der Waals surface area (Å²) in [6.07, 6.45) is -9.40. The van der Waals surface area contributed by atoms with Crippen LogP contribution in [0.1, 0.15) is 27.6 Å². The average molecular weight is 615 g/mol. The van der Waals surface area contributed by atoms with Gasteiger partial charge in [0.05, 0.1) is 19.3 Å². The number of ether oxygens (including phenoxy) is 6. The number of aromatic hydroxyl groups is 2. The molecule has 3 aromatic carbocycles. The molecule has 14 heteroatoms. The van der Waals surface area contributed by atoms with Crippen LogP contribution >= 0.6 is 0 Å². The lowest BCUT2D eigenvalue weighted by Crippen LogP contribution is -2.60. The van der Waals surface area contributed by atoms with Crippen molar-refractivity contribution >= 4 is 11.9 Å². The minimum Gasteiger partial charge on any atom is -0.504 e. The van der Waals surface area contributed by atoms with Gasteiger partial charge in [-0.3, -0.25) is 0 Å². The number of hydrogen-bond donors (Lipinski definition) is 6. The number of benzene rings is 3. The molecule has 6 N–H and O–H groups in total. The Balaban J connectivity index is 1.22. The molecule has 0 amide bonds. The highest BCUT2D eigenvalue weighted by Gasteiger charge is 2.45. The minimum absolute atomic E-state index is 0.0868. The molecule has 5 rings (SSSR count). The van der Waals surface area contributed by atoms with Crippen LogP contribution in [0.25, 0.3) is 0 Å². The third-order valence-electron chi connectivity index (χ3n) is 7.12. The highest BCUT2D eigenvalue weighted by atomic mass is 16.7. The fraction of sp³-hybridized carbons (Fsp3) is 0.333. The van der Waals surface area contributed by atoms with Gasteiger partial charge < -0.3 is 59.1 Å². The highest BCUT2D eigenvalue weighted by Crippen LogP contribution is 2.42. The Labute approximate surface area is 250 Å². The van der Waals surface area contributed by atoms with Crippen LogP contribution in [0, 0.1) is 0 Å². The fourth-order valence-electron chi connectivity index (χ4n) is 4.67. The highest BCUT2D eigenvalue weighted by molar-refractivity contribution is 5.90. The van der Waals surface area contributed by atoms with E-state index < -0.39 is 67.2 Å². The number of carbonyl (C=O) groups is 2. The summed E-state index contributed by atoms with van der Waals surface area (Å²) in [4.78, 5) is 25.3. The van der Waals surface area contributed by atoms with Gasteiger partial charge in [-0.1, -0.05) is 18.2 Å². The largest absolute Gasteiger partial charge is 0.504 e. The van der Waals surface area contributed by atoms with Crippen molar-refractivity contribution in [3.05, 3.63) is 77.4 Å². The van der Waals surface area contributed by atoms with Gasteiger partial charge in [-0.2, -0.15) is 0 Å². The molecule has 0 aliphatic carbocycles. The number of phenols is 2. The van der Waals surface area contributed by atoms with Gasteiger partial charge >= 0.3 is 11.9 Å². The van der Waals surface area contributed by atoms with Crippen LogP contribution in [0.2, 0.25) is 0 Å². The van der Waals surface area contributed by atoms with Crippen molar-refractivity contribution < 1.29 is 68.6 Å². The summed E-state index contributed by atoms with van der Waals surface area (Å²) in [7, 11) is 1.17. The molecular weight excluding hydrogens is 584 g/mol. The Bertz CT molecular complexity index is 1490. The summed E-state index contributed by atoms with van der Waals surface area (Å²) < 4.78 is 32.9. The Kier molecular flexibility index (Phi) is 9.08. The second-order valence-corrected chi connectivity index (χ2v) is 10.0. The lowest BCUT2D eigenvalue weighted by atomic mass is 9.99. The van der Waals surface area contributed by atoms with E-state index in [4.69, 9.17) is 28.4 Å². The topological polar surface area (TPSA) is 211 Å². The summed E-state index contributed by atoms with van der Waals surface area (Å²) in [6.45, 7) is -0.707. The van der Waals surface area contributed by atoms with Crippen molar-refractivity contribution in [2.45, 2.75) is 49.5 Å². The van der Waals surface area contributed by atoms with Gasteiger partial charge in [-0.15, -0.1) is 0 Å². The van der Waals surface area contributed by atoms with Crippen molar-refractivity contribution in [2.24, 2.45) is 0 Å². The van der Waals surface area contributed by atoms with Gasteiger partial charge in [-0.05, 0) is 48.0 Å². The molecule has 0 radical (unpaired) electrons. The number of aliphatic hydroxyl groups is 4. The Morgan fingerprint density at radius 2 is 1.59 bits per heavy atom. The standard InChI is InChI=1S/C30H30O14/c1-39-29(38)27-26(15-4-8-18(32)19(33)10-15)42-20-9-5-16(11-21(20)43-27)28(37)40-13-14-2-6-17(7-3-14)41-30-25(36)24(35)23(34)22(12-31)44-30/h2-11,22-27,30-36H,12-13H2,1H3. The van der Waals surface area contributed by atoms with Crippen LogP contribution in [0.5, 0.6) is 28.7 Å². The predicted molar refractivity (Wildman–Crippen MR) is 146 cm³/mol. The molecule has 2 heterocycles. The van der Waals surface area contributed by atoms with E-state index in [0.29, 0.717) is 11.1 Å². The number of rotatable bonds is 8. The minimum atomic E-state index is -1.58. The first-order valence-electron chi connectivity index (χ1n) is 13.4. The molecule has 3 aromatic rings. The van der Waals surface area contributed by atoms with Crippen LogP contribution in [0.4, 0.5) is 0 Å². The lowest BCUT2D eigenvalue weighted by Gasteiger charge is -2.39. The maximum absolute atomic E-state index is 12.8. The van der Waals surface area contributed by atoms with E-state index in [1.54, 1.807) is 12.1 Å². The van der Waals surface area contributed by atoms with E-state index in [1.807, 2.05) is 0 Å². The predicted octanol–water partition coefficient (Wildman–Crippen LogP) is 0.688. The maximum Gasteiger partial charge on any atom is 0.351 e. The van der Waals surface area contributed by atoms with Gasteiger partial charge in [0.25, 0.3) is 0 Å². The molecule has 234 valence electrons. The van der Waals surface area contributed by atoms with Gasteiger partial charge in [0.1, 0.15) is 36.8 Å². The molecule has 14 nitrogen and oxygen atoms in total. The zero-order valence-electron chi connectivity index (χ0n) is 23.2. The molecule has 2 aliphatic heterocycles. The molecule has 7 unspecified atom stereocenters. The van der Waals surface area contributed by atoms with Crippen LogP contribution < -0.4 is 14.2 Å². The summed E-state index contributed by atoms with van der Waals surface area (Å²) >= 11 is 0. The number of methoxy groups -OCH3 is 1. The van der Waals surface area contributed by atoms with E-state index in [0.717, 1.165) is 0 Å². The molecule has 2 aliphatic rings. The number of carbonyl (C=O) groups excluding carboxylic acids is 2. The summed E-state index contributed by atoms with van der Waals surface area (Å²) in [5.74, 6) is -1.66. The zero-order chi connectivity index (χ0) is 31.5. The molecule has 0 spiro atoms. The van der Waals surface area contributed by atoms with E-state index in [-0.39, 0.29) is 35.2 Å². The van der Waals surface area contributed by atoms with Crippen molar-refractivity contribution in [1.29, 1.82) is 0 Å². The Hall–Kier alpha value is -4.60. The van der Waals surface area contributed by atoms with Gasteiger partial charge in [0.15, 0.2) is 29.1 Å². The first-order chi connectivity index (χ1) is 21.1. The van der Waals surface area contributed by atoms with Crippen molar-refractivity contribution in [3.8, 4) is 28.7 Å². The smallest absolute Gasteiger partial charge is 0.351 e. The Morgan fingerprint density at radius 3 is 2.27 bits per heavy atom. The number of phenolic OH excluding ortho intramolecular Hbond substituents is 2. The first kappa shape index (κ1) is 30.8. The van der Waals surface area contributed by atoms with Crippen molar-refractivity contribution in [1.82, 2.24) is 0 Å². The fourth-order valence-corrected chi connectivity index (χ4v) is 4.67. The molecule has 7 atom stereocenters. The molecule has 1 saturated heterocycles. The van der Waals surface area contributed by atoms with E-state index in [1.165, 1.54) is 55.6 Å². The molecule has 0 bridgehead atoms. The summed E-state index contributed by atoms with van der Waals surface area (Å²) in [5.41, 5.74) is 1.04. The molecule has 1 fully saturated rings. The van der Waals surface area contributed by atoms with Crippen molar-refractivity contribution in [2.75, 3.05) is 13.7 Å². The normalized spacial score (nSPS) is 26.0. The quantitative estimate of drug-likeness (QED) is 0.152. The molecular formula is C30H30O14. The van der Waals surface area contributed by atoms with Gasteiger partial charge in [0, 0.05) is 5.56 Å². The summed E-state index contributed by atoms with van der Waals surface area (Å²) in [5, 5.41) is 58.8. The third-order valence-corrected chi connectivity index (χ3v) is 7.12. The zero-order valence-corrected chi connectivity index (χ0v) is 23.2. The molecule has 44 heavy (non-hydrogen) atoms. The lowest BCUT2D eigenvalue weighted by molar-refractivity contribution is -0.277. The van der Waals surface area contributed by atoms with Gasteiger partial charge in [0.2, 0.25) is 12.4 Å². The van der Waals surface area contributed by atoms with Crippen LogP contribution in [-0.4, -0.2) is 93.1 Å². The summed E-state index contributed by atoms with van der Waals surface area (Å²) in [6, 6.07) is 14.5. The average Bonchev–Trinajstić information content (AvgIpc) is 3.04. The Morgan fingerprint density at radius 1 is 0.841 bits per heavy atom. The van der Waals surface area contributed by atoms with Gasteiger partial charge in [-0.25, -0.2) is 9.59 Å². The number of fused-ring (bicyclic) bond motifs is 1. The maximum atomic E-state index is 12.8. The monoisotopic (exact) mass is 614 g/mol. The number of esters is 2. The molecule has 0 aromatic heterocycles. The first-order valence-corrected chi connectivity index (χ1v) is 13.4. The number of hydrogen-bond acceptors (Lipinski definition) is 14. The molecule has 0 saturated carbocycles. The van der Waals surface area contributed by atoms with E-state index >= 15 is 0 Å².